The van der Waals surface area contributed by atoms with Crippen LogP contribution in [0.25, 0.3) is 0 Å². The van der Waals surface area contributed by atoms with E-state index in [2.05, 4.69) is 11.5 Å². The normalized spacial score (nSPS) is 16.2. The summed E-state index contributed by atoms with van der Waals surface area (Å²) in [6, 6.07) is 6.22. The predicted octanol–water partition coefficient (Wildman–Crippen LogP) is 1.94. The molecule has 1 heterocycles. The highest BCUT2D eigenvalue weighted by molar-refractivity contribution is 5.40. The minimum Gasteiger partial charge on any atom is -0.493 e. The maximum atomic E-state index is 5.78. The second-order valence-corrected chi connectivity index (χ2v) is 5.61. The monoisotopic (exact) mass is 250 g/mol. The lowest BCUT2D eigenvalue weighted by atomic mass is 10.0. The van der Waals surface area contributed by atoms with E-state index in [9.17, 15) is 0 Å². The average molecular weight is 250 g/mol. The van der Waals surface area contributed by atoms with Crippen LogP contribution in [0.5, 0.6) is 5.75 Å². The van der Waals surface area contributed by atoms with Crippen LogP contribution in [0.3, 0.4) is 0 Å². The standard InChI is InChI=1S/C14H22N2O2/c1-14(2,3)18-9-12(16-15)10-4-5-13-11(8-10)6-7-17-13/h4-5,8,12,16H,6-7,9,15H2,1-3H3. The van der Waals surface area contributed by atoms with E-state index in [0.717, 1.165) is 24.3 Å². The van der Waals surface area contributed by atoms with Crippen molar-refractivity contribution in [2.24, 2.45) is 5.84 Å². The summed E-state index contributed by atoms with van der Waals surface area (Å²) in [5.74, 6) is 6.61. The van der Waals surface area contributed by atoms with Crippen LogP contribution < -0.4 is 16.0 Å². The van der Waals surface area contributed by atoms with Crippen LogP contribution >= 0.6 is 0 Å². The molecule has 4 nitrogen and oxygen atoms in total. The van der Waals surface area contributed by atoms with E-state index in [0.29, 0.717) is 6.61 Å². The molecule has 0 aromatic heterocycles. The summed E-state index contributed by atoms with van der Waals surface area (Å²) in [5.41, 5.74) is 5.06. The lowest BCUT2D eigenvalue weighted by molar-refractivity contribution is -0.0148. The molecule has 1 aromatic carbocycles. The van der Waals surface area contributed by atoms with Crippen molar-refractivity contribution in [2.45, 2.75) is 38.8 Å². The molecule has 0 aliphatic carbocycles. The molecular formula is C14H22N2O2. The number of nitrogens with two attached hydrogens (primary N) is 1. The molecular weight excluding hydrogens is 228 g/mol. The third kappa shape index (κ3) is 3.22. The van der Waals surface area contributed by atoms with Crippen molar-refractivity contribution < 1.29 is 9.47 Å². The molecule has 0 spiro atoms. The molecule has 0 bridgehead atoms. The van der Waals surface area contributed by atoms with Gasteiger partial charge in [-0.1, -0.05) is 12.1 Å². The predicted molar refractivity (Wildman–Crippen MR) is 71.4 cm³/mol. The van der Waals surface area contributed by atoms with Crippen LogP contribution in [-0.4, -0.2) is 18.8 Å². The average Bonchev–Trinajstić information content (AvgIpc) is 2.75. The molecule has 0 radical (unpaired) electrons. The largest absolute Gasteiger partial charge is 0.493 e. The van der Waals surface area contributed by atoms with Gasteiger partial charge >= 0.3 is 0 Å². The third-order valence-electron chi connectivity index (χ3n) is 3.00. The lowest BCUT2D eigenvalue weighted by Gasteiger charge is -2.24. The first-order valence-electron chi connectivity index (χ1n) is 6.35. The van der Waals surface area contributed by atoms with Gasteiger partial charge in [-0.3, -0.25) is 11.3 Å². The number of fused-ring (bicyclic) bond motifs is 1. The Labute approximate surface area is 108 Å². The highest BCUT2D eigenvalue weighted by Gasteiger charge is 2.19. The van der Waals surface area contributed by atoms with Gasteiger partial charge in [0.25, 0.3) is 0 Å². The van der Waals surface area contributed by atoms with Gasteiger partial charge in [0.2, 0.25) is 0 Å². The first kappa shape index (κ1) is 13.3. The van der Waals surface area contributed by atoms with Crippen molar-refractivity contribution in [3.05, 3.63) is 29.3 Å². The van der Waals surface area contributed by atoms with Crippen LogP contribution in [0.15, 0.2) is 18.2 Å². The number of hydrogen-bond acceptors (Lipinski definition) is 4. The van der Waals surface area contributed by atoms with Gasteiger partial charge in [0.1, 0.15) is 5.75 Å². The molecule has 1 aliphatic rings. The van der Waals surface area contributed by atoms with Gasteiger partial charge in [-0.05, 0) is 38.0 Å². The topological polar surface area (TPSA) is 56.5 Å². The molecule has 0 amide bonds. The van der Waals surface area contributed by atoms with Crippen molar-refractivity contribution >= 4 is 0 Å². The Balaban J connectivity index is 2.08. The van der Waals surface area contributed by atoms with Crippen molar-refractivity contribution in [1.29, 1.82) is 0 Å². The van der Waals surface area contributed by atoms with E-state index in [4.69, 9.17) is 15.3 Å². The molecule has 1 atom stereocenters. The van der Waals surface area contributed by atoms with E-state index < -0.39 is 0 Å². The second kappa shape index (κ2) is 5.26. The highest BCUT2D eigenvalue weighted by atomic mass is 16.5. The smallest absolute Gasteiger partial charge is 0.122 e. The number of rotatable bonds is 4. The zero-order valence-electron chi connectivity index (χ0n) is 11.3. The summed E-state index contributed by atoms with van der Waals surface area (Å²) >= 11 is 0. The number of hydrazine groups is 1. The molecule has 18 heavy (non-hydrogen) atoms. The summed E-state index contributed by atoms with van der Waals surface area (Å²) < 4.78 is 11.3. The Morgan fingerprint density at radius 2 is 2.22 bits per heavy atom. The Kier molecular flexibility index (Phi) is 3.90. The molecule has 4 heteroatoms. The van der Waals surface area contributed by atoms with Gasteiger partial charge in [-0.2, -0.15) is 0 Å². The second-order valence-electron chi connectivity index (χ2n) is 5.61. The van der Waals surface area contributed by atoms with Crippen LogP contribution in [0.2, 0.25) is 0 Å². The minimum absolute atomic E-state index is 0.00937. The van der Waals surface area contributed by atoms with Crippen molar-refractivity contribution in [3.63, 3.8) is 0 Å². The summed E-state index contributed by atoms with van der Waals surface area (Å²) in [5, 5.41) is 0. The van der Waals surface area contributed by atoms with Gasteiger partial charge in [0.15, 0.2) is 0 Å². The molecule has 0 saturated carbocycles. The molecule has 1 aromatic rings. The van der Waals surface area contributed by atoms with Gasteiger partial charge in [0, 0.05) is 6.42 Å². The molecule has 1 aliphatic heterocycles. The van der Waals surface area contributed by atoms with E-state index in [1.165, 1.54) is 5.56 Å². The van der Waals surface area contributed by atoms with Crippen molar-refractivity contribution in [3.8, 4) is 5.75 Å². The van der Waals surface area contributed by atoms with Gasteiger partial charge in [-0.25, -0.2) is 0 Å². The van der Waals surface area contributed by atoms with E-state index in [-0.39, 0.29) is 11.6 Å². The van der Waals surface area contributed by atoms with Crippen LogP contribution in [0, 0.1) is 0 Å². The van der Waals surface area contributed by atoms with Crippen LogP contribution in [0.4, 0.5) is 0 Å². The minimum atomic E-state index is -0.158. The molecule has 3 N–H and O–H groups in total. The zero-order valence-corrected chi connectivity index (χ0v) is 11.3. The highest BCUT2D eigenvalue weighted by Crippen LogP contribution is 2.28. The van der Waals surface area contributed by atoms with Crippen LogP contribution in [0.1, 0.15) is 37.9 Å². The fourth-order valence-corrected chi connectivity index (χ4v) is 2.00. The van der Waals surface area contributed by atoms with Gasteiger partial charge < -0.3 is 9.47 Å². The van der Waals surface area contributed by atoms with E-state index in [1.54, 1.807) is 0 Å². The molecule has 0 saturated heterocycles. The van der Waals surface area contributed by atoms with Crippen molar-refractivity contribution in [1.82, 2.24) is 5.43 Å². The van der Waals surface area contributed by atoms with E-state index in [1.807, 2.05) is 32.9 Å². The van der Waals surface area contributed by atoms with E-state index >= 15 is 0 Å². The fraction of sp³-hybridized carbons (Fsp3) is 0.571. The van der Waals surface area contributed by atoms with Gasteiger partial charge in [-0.15, -0.1) is 0 Å². The fourth-order valence-electron chi connectivity index (χ4n) is 2.00. The first-order valence-corrected chi connectivity index (χ1v) is 6.35. The number of ether oxygens (including phenoxy) is 2. The van der Waals surface area contributed by atoms with Gasteiger partial charge in [0.05, 0.1) is 24.9 Å². The molecule has 2 rings (SSSR count). The Hall–Kier alpha value is -1.10. The number of benzene rings is 1. The quantitative estimate of drug-likeness (QED) is 0.633. The first-order chi connectivity index (χ1) is 8.49. The maximum Gasteiger partial charge on any atom is 0.122 e. The lowest BCUT2D eigenvalue weighted by Crippen LogP contribution is -2.34. The maximum absolute atomic E-state index is 5.78. The molecule has 0 fully saturated rings. The summed E-state index contributed by atoms with van der Waals surface area (Å²) in [4.78, 5) is 0. The Bertz CT molecular complexity index is 413. The van der Waals surface area contributed by atoms with Crippen molar-refractivity contribution in [2.75, 3.05) is 13.2 Å². The summed E-state index contributed by atoms with van der Waals surface area (Å²) in [6.07, 6.45) is 0.973. The number of nitrogens with one attached hydrogen (secondary N) is 1. The molecule has 100 valence electrons. The SMILES string of the molecule is CC(C)(C)OCC(NN)c1ccc2c(c1)CCO2. The van der Waals surface area contributed by atoms with Crippen LogP contribution in [-0.2, 0) is 11.2 Å². The zero-order chi connectivity index (χ0) is 13.2. The summed E-state index contributed by atoms with van der Waals surface area (Å²) in [7, 11) is 0. The Morgan fingerprint density at radius 1 is 1.44 bits per heavy atom. The third-order valence-corrected chi connectivity index (χ3v) is 3.00. The summed E-state index contributed by atoms with van der Waals surface area (Å²) in [6.45, 7) is 7.45. The Morgan fingerprint density at radius 3 is 2.89 bits per heavy atom. The number of hydrogen-bond donors (Lipinski definition) is 2. The molecule has 1 unspecified atom stereocenters.